The number of nitrogens with one attached hydrogen (secondary N) is 1. The molecule has 0 amide bonds. The van der Waals surface area contributed by atoms with Crippen LogP contribution in [0.2, 0.25) is 0 Å². The lowest BCUT2D eigenvalue weighted by molar-refractivity contribution is 0.0877. The van der Waals surface area contributed by atoms with Gasteiger partial charge in [-0.1, -0.05) is 0 Å². The number of hydrogen-bond acceptors (Lipinski definition) is 4. The summed E-state index contributed by atoms with van der Waals surface area (Å²) in [5.74, 6) is 2.29. The maximum Gasteiger partial charge on any atom is 0.196 e. The summed E-state index contributed by atoms with van der Waals surface area (Å²) in [6, 6.07) is 4.20. The van der Waals surface area contributed by atoms with Gasteiger partial charge in [-0.25, -0.2) is 4.98 Å². The first-order chi connectivity index (χ1) is 12.2. The number of likely N-dealkylation sites (N-methyl/N-ethyl adjacent to an activating group) is 1. The summed E-state index contributed by atoms with van der Waals surface area (Å²) in [6.45, 7) is 4.70. The topological polar surface area (TPSA) is 48.3 Å². The van der Waals surface area contributed by atoms with Crippen molar-refractivity contribution in [3.63, 3.8) is 0 Å². The van der Waals surface area contributed by atoms with Gasteiger partial charge < -0.3 is 19.2 Å². The van der Waals surface area contributed by atoms with Gasteiger partial charge in [-0.3, -0.25) is 0 Å². The van der Waals surface area contributed by atoms with Crippen LogP contribution in [0.25, 0.3) is 22.0 Å². The van der Waals surface area contributed by atoms with Gasteiger partial charge in [0, 0.05) is 42.5 Å². The SMILES string of the molecule is CN(C)CCc1nc2c(ccc3[nH]cc(C4CN5CCC4CC5)c32)o1. The van der Waals surface area contributed by atoms with E-state index in [4.69, 9.17) is 9.40 Å². The van der Waals surface area contributed by atoms with E-state index in [1.54, 1.807) is 0 Å². The molecule has 0 radical (unpaired) electrons. The minimum absolute atomic E-state index is 0.628. The average molecular weight is 338 g/mol. The molecule has 1 atom stereocenters. The van der Waals surface area contributed by atoms with E-state index in [1.165, 1.54) is 48.9 Å². The minimum Gasteiger partial charge on any atom is -0.441 e. The van der Waals surface area contributed by atoms with Crippen molar-refractivity contribution in [1.82, 2.24) is 19.8 Å². The number of benzene rings is 1. The molecule has 3 fully saturated rings. The Morgan fingerprint density at radius 3 is 2.84 bits per heavy atom. The Bertz CT molecular complexity index is 901. The first-order valence-electron chi connectivity index (χ1n) is 9.45. The Balaban J connectivity index is 1.59. The molecular formula is C20H26N4O. The highest BCUT2D eigenvalue weighted by atomic mass is 16.3. The summed E-state index contributed by atoms with van der Waals surface area (Å²) in [6.07, 6.45) is 5.74. The summed E-state index contributed by atoms with van der Waals surface area (Å²) < 4.78 is 6.04. The van der Waals surface area contributed by atoms with E-state index >= 15 is 0 Å². The molecule has 1 N–H and O–H groups in total. The fourth-order valence-electron chi connectivity index (χ4n) is 4.72. The van der Waals surface area contributed by atoms with Crippen LogP contribution in [0.4, 0.5) is 0 Å². The smallest absolute Gasteiger partial charge is 0.196 e. The first-order valence-corrected chi connectivity index (χ1v) is 9.45. The molecule has 5 heterocycles. The Hall–Kier alpha value is -1.85. The number of H-pyrrole nitrogens is 1. The van der Waals surface area contributed by atoms with Crippen LogP contribution < -0.4 is 0 Å². The summed E-state index contributed by atoms with van der Waals surface area (Å²) in [5.41, 5.74) is 4.59. The zero-order valence-corrected chi connectivity index (χ0v) is 15.1. The maximum atomic E-state index is 6.04. The number of aromatic amines is 1. The third kappa shape index (κ3) is 2.57. The molecule has 5 heteroatoms. The summed E-state index contributed by atoms with van der Waals surface area (Å²) in [4.78, 5) is 13.1. The van der Waals surface area contributed by atoms with Gasteiger partial charge in [-0.2, -0.15) is 0 Å². The maximum absolute atomic E-state index is 6.04. The molecular weight excluding hydrogens is 312 g/mol. The van der Waals surface area contributed by atoms with E-state index in [1.807, 2.05) is 0 Å². The van der Waals surface area contributed by atoms with Crippen LogP contribution in [0.3, 0.4) is 0 Å². The van der Waals surface area contributed by atoms with Gasteiger partial charge in [0.05, 0.1) is 0 Å². The van der Waals surface area contributed by atoms with E-state index in [0.717, 1.165) is 35.9 Å². The van der Waals surface area contributed by atoms with Crippen LogP contribution in [0.15, 0.2) is 22.7 Å². The van der Waals surface area contributed by atoms with Gasteiger partial charge in [-0.05, 0) is 63.6 Å². The lowest BCUT2D eigenvalue weighted by atomic mass is 9.75. The molecule has 25 heavy (non-hydrogen) atoms. The fourth-order valence-corrected chi connectivity index (χ4v) is 4.72. The third-order valence-corrected chi connectivity index (χ3v) is 6.11. The minimum atomic E-state index is 0.628. The van der Waals surface area contributed by atoms with Gasteiger partial charge in [0.15, 0.2) is 11.5 Å². The molecule has 3 saturated heterocycles. The monoisotopic (exact) mass is 338 g/mol. The number of aromatic nitrogens is 2. The van der Waals surface area contributed by atoms with Crippen molar-refractivity contribution in [3.05, 3.63) is 29.8 Å². The van der Waals surface area contributed by atoms with Crippen molar-refractivity contribution in [3.8, 4) is 0 Å². The average Bonchev–Trinajstić information content (AvgIpc) is 3.24. The van der Waals surface area contributed by atoms with E-state index in [-0.39, 0.29) is 0 Å². The van der Waals surface area contributed by atoms with Crippen molar-refractivity contribution in [2.45, 2.75) is 25.2 Å². The lowest BCUT2D eigenvalue weighted by Crippen LogP contribution is -2.46. The zero-order chi connectivity index (χ0) is 17.0. The Labute approximate surface area is 148 Å². The zero-order valence-electron chi connectivity index (χ0n) is 15.1. The van der Waals surface area contributed by atoms with E-state index < -0.39 is 0 Å². The first kappa shape index (κ1) is 15.4. The van der Waals surface area contributed by atoms with Crippen molar-refractivity contribution >= 4 is 22.0 Å². The van der Waals surface area contributed by atoms with Crippen LogP contribution in [-0.4, -0.2) is 60.0 Å². The quantitative estimate of drug-likeness (QED) is 0.793. The van der Waals surface area contributed by atoms with Crippen LogP contribution >= 0.6 is 0 Å². The molecule has 6 rings (SSSR count). The van der Waals surface area contributed by atoms with Gasteiger partial charge in [0.25, 0.3) is 0 Å². The lowest BCUT2D eigenvalue weighted by Gasteiger charge is -2.44. The Kier molecular flexibility index (Phi) is 3.61. The normalized spacial score (nSPS) is 26.3. The Morgan fingerprint density at radius 2 is 2.12 bits per heavy atom. The molecule has 0 saturated carbocycles. The van der Waals surface area contributed by atoms with E-state index in [2.05, 4.69) is 47.2 Å². The predicted octanol–water partition coefficient (Wildman–Crippen LogP) is 3.22. The van der Waals surface area contributed by atoms with Crippen molar-refractivity contribution in [2.75, 3.05) is 40.3 Å². The standard InChI is InChI=1S/C20H26N4O/c1-23(2)8-7-18-22-20-17(25-18)4-3-16-19(20)14(11-21-16)15-12-24-9-5-13(15)6-10-24/h3-4,11,13,15,21H,5-10,12H2,1-2H3. The van der Waals surface area contributed by atoms with Crippen molar-refractivity contribution in [1.29, 1.82) is 0 Å². The second-order valence-corrected chi connectivity index (χ2v) is 7.98. The number of piperidine rings is 3. The highest BCUT2D eigenvalue weighted by Crippen LogP contribution is 2.42. The number of hydrogen-bond donors (Lipinski definition) is 1. The van der Waals surface area contributed by atoms with Gasteiger partial charge >= 0.3 is 0 Å². The number of rotatable bonds is 4. The largest absolute Gasteiger partial charge is 0.441 e. The molecule has 0 spiro atoms. The number of nitrogens with zero attached hydrogens (tertiary/aromatic N) is 3. The van der Waals surface area contributed by atoms with Crippen LogP contribution in [0, 0.1) is 5.92 Å². The summed E-state index contributed by atoms with van der Waals surface area (Å²) in [5, 5.41) is 1.29. The Morgan fingerprint density at radius 1 is 1.28 bits per heavy atom. The summed E-state index contributed by atoms with van der Waals surface area (Å²) >= 11 is 0. The molecule has 2 bridgehead atoms. The highest BCUT2D eigenvalue weighted by Gasteiger charge is 2.36. The molecule has 1 unspecified atom stereocenters. The molecule has 1 aromatic carbocycles. The second kappa shape index (κ2) is 5.85. The fraction of sp³-hybridized carbons (Fsp3) is 0.550. The van der Waals surface area contributed by atoms with Gasteiger partial charge in [0.1, 0.15) is 5.52 Å². The van der Waals surface area contributed by atoms with Gasteiger partial charge in [-0.15, -0.1) is 0 Å². The van der Waals surface area contributed by atoms with Crippen molar-refractivity contribution < 1.29 is 4.42 Å². The van der Waals surface area contributed by atoms with Crippen LogP contribution in [0.5, 0.6) is 0 Å². The third-order valence-electron chi connectivity index (χ3n) is 6.11. The molecule has 3 aliphatic rings. The predicted molar refractivity (Wildman–Crippen MR) is 100 cm³/mol. The van der Waals surface area contributed by atoms with Crippen molar-refractivity contribution in [2.24, 2.45) is 5.92 Å². The van der Waals surface area contributed by atoms with E-state index in [0.29, 0.717) is 5.92 Å². The number of fused-ring (bicyclic) bond motifs is 6. The molecule has 0 aliphatic carbocycles. The molecule has 132 valence electrons. The molecule has 3 aliphatic heterocycles. The molecule has 5 nitrogen and oxygen atoms in total. The van der Waals surface area contributed by atoms with Crippen LogP contribution in [-0.2, 0) is 6.42 Å². The summed E-state index contributed by atoms with van der Waals surface area (Å²) in [7, 11) is 4.16. The highest BCUT2D eigenvalue weighted by molar-refractivity contribution is 6.04. The molecule has 2 aromatic heterocycles. The van der Waals surface area contributed by atoms with Crippen LogP contribution in [0.1, 0.15) is 30.2 Å². The molecule has 3 aromatic rings. The second-order valence-electron chi connectivity index (χ2n) is 7.98. The van der Waals surface area contributed by atoms with E-state index in [9.17, 15) is 0 Å². The number of oxazole rings is 1. The van der Waals surface area contributed by atoms with Gasteiger partial charge in [0.2, 0.25) is 0 Å².